The zero-order valence-corrected chi connectivity index (χ0v) is 70.1. The zero-order chi connectivity index (χ0) is 76.1. The Labute approximate surface area is 684 Å². The first-order chi connectivity index (χ1) is 51.1. The van der Waals surface area contributed by atoms with Crippen LogP contribution in [0.5, 0.6) is 0 Å². The minimum absolute atomic E-state index is 0.331. The molecule has 4 aliphatic rings. The number of rotatable bonds is 9. The van der Waals surface area contributed by atoms with Crippen molar-refractivity contribution in [2.45, 2.75) is 106 Å². The molecule has 12 aromatic rings. The fraction of sp³-hybridized carbons (Fsp3) is 0.273. The minimum atomic E-state index is 0.331. The van der Waals surface area contributed by atoms with Crippen LogP contribution in [0.15, 0.2) is 146 Å². The van der Waals surface area contributed by atoms with Crippen molar-refractivity contribution in [3.63, 3.8) is 0 Å². The number of aromatic nitrogens is 4. The van der Waals surface area contributed by atoms with Gasteiger partial charge in [-0.3, -0.25) is 9.80 Å². The second-order valence-corrected chi connectivity index (χ2v) is 33.4. The third-order valence-electron chi connectivity index (χ3n) is 21.6. The van der Waals surface area contributed by atoms with Gasteiger partial charge < -0.3 is 28.1 Å². The Morgan fingerprint density at radius 2 is 0.673 bits per heavy atom. The van der Waals surface area contributed by atoms with E-state index < -0.39 is 0 Å². The lowest BCUT2D eigenvalue weighted by Crippen LogP contribution is -2.32. The zero-order valence-electron chi connectivity index (χ0n) is 61.8. The summed E-state index contributed by atoms with van der Waals surface area (Å²) >= 11 is 68.1. The molecule has 107 heavy (non-hydrogen) atoms. The Balaban J connectivity index is 0.000000126. The fourth-order valence-corrected chi connectivity index (χ4v) is 17.4. The van der Waals surface area contributed by atoms with Crippen molar-refractivity contribution in [3.05, 3.63) is 274 Å². The molecule has 0 N–H and O–H groups in total. The van der Waals surface area contributed by atoms with Gasteiger partial charge in [-0.1, -0.05) is 170 Å². The summed E-state index contributed by atoms with van der Waals surface area (Å²) in [6.07, 6.45) is 14.1. The molecule has 0 fully saturated rings. The summed E-state index contributed by atoms with van der Waals surface area (Å²) in [5.41, 5.74) is 26.1. The van der Waals surface area contributed by atoms with Gasteiger partial charge in [-0.05, 0) is 284 Å². The predicted octanol–water partition coefficient (Wildman–Crippen LogP) is 27.6. The quantitative estimate of drug-likeness (QED) is 0.144. The third kappa shape index (κ3) is 16.6. The molecule has 0 radical (unpaired) electrons. The van der Waals surface area contributed by atoms with Gasteiger partial charge in [-0.2, -0.15) is 0 Å². The average molecular weight is 1640 g/mol. The Morgan fingerprint density at radius 3 is 1.06 bits per heavy atom. The Hall–Kier alpha value is -6.09. The molecule has 4 aliphatic heterocycles. The van der Waals surface area contributed by atoms with Gasteiger partial charge >= 0.3 is 0 Å². The van der Waals surface area contributed by atoms with E-state index in [0.29, 0.717) is 52.3 Å². The van der Waals surface area contributed by atoms with Crippen LogP contribution in [0.4, 0.5) is 0 Å². The molecule has 8 nitrogen and oxygen atoms in total. The summed E-state index contributed by atoms with van der Waals surface area (Å²) in [5.74, 6) is 0. The van der Waals surface area contributed by atoms with Crippen molar-refractivity contribution in [2.75, 3.05) is 54.4 Å². The molecule has 0 amide bonds. The molecule has 0 bridgehead atoms. The van der Waals surface area contributed by atoms with E-state index >= 15 is 0 Å². The summed E-state index contributed by atoms with van der Waals surface area (Å²) in [7, 11) is 8.74. The largest absolute Gasteiger partial charge is 0.318 e. The van der Waals surface area contributed by atoms with E-state index in [9.17, 15) is 0 Å². The highest BCUT2D eigenvalue weighted by atomic mass is 35.5. The van der Waals surface area contributed by atoms with Crippen LogP contribution in [0.1, 0.15) is 133 Å². The number of hydrogen-bond donors (Lipinski definition) is 0. The number of halogens is 11. The molecule has 0 saturated heterocycles. The van der Waals surface area contributed by atoms with Gasteiger partial charge in [0.1, 0.15) is 0 Å². The predicted molar refractivity (Wildman–Crippen MR) is 467 cm³/mol. The van der Waals surface area contributed by atoms with Crippen LogP contribution in [-0.2, 0) is 38.8 Å². The van der Waals surface area contributed by atoms with Crippen LogP contribution in [0.2, 0.25) is 55.2 Å². The van der Waals surface area contributed by atoms with Crippen molar-refractivity contribution in [1.82, 2.24) is 37.9 Å². The van der Waals surface area contributed by atoms with Crippen LogP contribution in [-0.4, -0.2) is 92.2 Å². The molecule has 8 heterocycles. The first-order valence-electron chi connectivity index (χ1n) is 36.1. The summed E-state index contributed by atoms with van der Waals surface area (Å²) in [5, 5.41) is 12.1. The molecule has 0 spiro atoms. The Bertz CT molecular complexity index is 5400. The maximum absolute atomic E-state index is 6.34. The van der Waals surface area contributed by atoms with Gasteiger partial charge in [0.2, 0.25) is 0 Å². The summed E-state index contributed by atoms with van der Waals surface area (Å²) in [4.78, 5) is 9.57. The summed E-state index contributed by atoms with van der Waals surface area (Å²) in [6, 6.07) is 49.1. The molecule has 19 heteroatoms. The summed E-state index contributed by atoms with van der Waals surface area (Å²) < 4.78 is 9.33. The molecule has 554 valence electrons. The van der Waals surface area contributed by atoms with E-state index in [2.05, 4.69) is 194 Å². The fourth-order valence-electron chi connectivity index (χ4n) is 15.7. The number of fused-ring (bicyclic) bond motifs is 12. The van der Waals surface area contributed by atoms with E-state index in [-0.39, 0.29) is 0 Å². The van der Waals surface area contributed by atoms with Crippen molar-refractivity contribution in [3.8, 4) is 0 Å². The molecule has 0 saturated carbocycles. The van der Waals surface area contributed by atoms with Crippen molar-refractivity contribution in [2.24, 2.45) is 0 Å². The normalized spacial score (nSPS) is 16.8. The topological polar surface area (TPSA) is 32.7 Å². The highest BCUT2D eigenvalue weighted by Crippen LogP contribution is 2.44. The van der Waals surface area contributed by atoms with E-state index in [1.807, 2.05) is 91.0 Å². The highest BCUT2D eigenvalue weighted by molar-refractivity contribution is 6.44. The van der Waals surface area contributed by atoms with E-state index in [0.717, 1.165) is 131 Å². The molecule has 4 aromatic heterocycles. The van der Waals surface area contributed by atoms with Gasteiger partial charge in [-0.25, -0.2) is 0 Å². The monoisotopic (exact) mass is 1640 g/mol. The van der Waals surface area contributed by atoms with Gasteiger partial charge in [-0.15, -0.1) is 0 Å². The molecule has 16 rings (SSSR count). The second kappa shape index (κ2) is 33.5. The molecular weight excluding hydrogens is 1560 g/mol. The third-order valence-corrected chi connectivity index (χ3v) is 25.3. The van der Waals surface area contributed by atoms with E-state index in [1.54, 1.807) is 0 Å². The standard InChI is InChI=1S/C23H23Cl3N2.C22H21Cl3N2.C22H22Cl2N2.C21H19Cl3N2/c1-4-21-23-17(9-10-27(21)3)18-12-16(24)6-8-22(18)28(23)13-14(2)15-5-7-19(25)20(26)11-15;1-13(15-4-6-19(24)20(25)10-15)12-27-21-7-5-16(23)11-18(21)17-8-9-26(3)14(2)22(17)27;1-14-4-7-21-18(10-14)17-8-9-25(3)13-22(17)26(21)12-15(2)16-5-6-19(23)20(24)11-16;1-13(14-3-5-18(23)19(24)9-14)11-26-20-6-4-15(22)10-17(20)16-7-8-25(2)12-21(16)26/h5-8,11-13,21H,4,9-10H2,1-3H3;4-7,10-12,14H,8-9H2,1-3H3;4-7,10-12H,8-9,13H2,1-3H3;3-6,9-11H,7-8,12H2,1-2H3/b14-13+;13-12+;15-12+;13-11+. The van der Waals surface area contributed by atoms with Crippen molar-refractivity contribution in [1.29, 1.82) is 0 Å². The SMILES string of the molecule is C/C(=C\n1c2c(c3cc(C)ccc31)CCN(C)C2)c1ccc(Cl)c(Cl)c1.C/C(=C\n1c2c(c3cc(Cl)ccc31)CCN(C)C2)c1ccc(Cl)c(Cl)c1.C/C(=C\n1c2c(c3cc(Cl)ccc31)CCN(C)C2C)c1ccc(Cl)c(Cl)c1.CCC1c2c(c3cc(Cl)ccc3n2/C=C(\C)c2ccc(Cl)c(Cl)c2)CCN1C. The van der Waals surface area contributed by atoms with Crippen LogP contribution in [0.3, 0.4) is 0 Å². The first-order valence-corrected chi connectivity index (χ1v) is 40.2. The molecule has 2 atom stereocenters. The van der Waals surface area contributed by atoms with Crippen LogP contribution < -0.4 is 0 Å². The first kappa shape index (κ1) is 79.0. The number of aryl methyl sites for hydroxylation is 1. The van der Waals surface area contributed by atoms with Crippen LogP contribution >= 0.6 is 128 Å². The minimum Gasteiger partial charge on any atom is -0.318 e. The lowest BCUT2D eigenvalue weighted by Gasteiger charge is -2.33. The molecule has 2 unspecified atom stereocenters. The number of hydrogen-bond acceptors (Lipinski definition) is 4. The lowest BCUT2D eigenvalue weighted by atomic mass is 9.96. The molecule has 8 aromatic carbocycles. The van der Waals surface area contributed by atoms with Crippen molar-refractivity contribution < 1.29 is 0 Å². The molecular formula is C88H85Cl11N8. The van der Waals surface area contributed by atoms with E-state index in [1.165, 1.54) is 94.2 Å². The Kier molecular flexibility index (Phi) is 24.7. The van der Waals surface area contributed by atoms with Crippen LogP contribution in [0, 0.1) is 6.92 Å². The number of nitrogens with zero attached hydrogens (tertiary/aromatic N) is 8. The Morgan fingerprint density at radius 1 is 0.355 bits per heavy atom. The van der Waals surface area contributed by atoms with Gasteiger partial charge in [0.05, 0.1) is 68.3 Å². The maximum Gasteiger partial charge on any atom is 0.0598 e. The summed E-state index contributed by atoms with van der Waals surface area (Å²) in [6.45, 7) is 21.3. The average Bonchev–Trinajstić information content (AvgIpc) is 1.63. The maximum atomic E-state index is 6.34. The lowest BCUT2D eigenvalue weighted by molar-refractivity contribution is 0.220. The van der Waals surface area contributed by atoms with Gasteiger partial charge in [0, 0.05) is 129 Å². The van der Waals surface area contributed by atoms with Crippen molar-refractivity contribution >= 4 is 218 Å². The molecule has 0 aliphatic carbocycles. The second-order valence-electron chi connectivity index (χ2n) is 28.9. The van der Waals surface area contributed by atoms with Gasteiger partial charge in [0.15, 0.2) is 0 Å². The number of likely N-dealkylation sites (N-methyl/N-ethyl adjacent to an activating group) is 4. The van der Waals surface area contributed by atoms with Gasteiger partial charge in [0.25, 0.3) is 0 Å². The van der Waals surface area contributed by atoms with Crippen LogP contribution in [0.25, 0.3) is 90.7 Å². The smallest absolute Gasteiger partial charge is 0.0598 e. The van der Waals surface area contributed by atoms with E-state index in [4.69, 9.17) is 128 Å². The number of benzene rings is 8. The number of allylic oxidation sites excluding steroid dienone is 4. The highest BCUT2D eigenvalue weighted by Gasteiger charge is 2.32.